The van der Waals surface area contributed by atoms with Gasteiger partial charge in [0.2, 0.25) is 5.91 Å². The fraction of sp³-hybridized carbons (Fsp3) is 0.385. The van der Waals surface area contributed by atoms with Crippen LogP contribution in [0.25, 0.3) is 0 Å². The summed E-state index contributed by atoms with van der Waals surface area (Å²) in [6, 6.07) is 3.41. The number of thiocarbonyl (C=S) groups is 1. The number of amides is 1. The lowest BCUT2D eigenvalue weighted by atomic mass is 9.62. The Hall–Kier alpha value is -0.360. The summed E-state index contributed by atoms with van der Waals surface area (Å²) in [5, 5.41) is 3.43. The van der Waals surface area contributed by atoms with Gasteiger partial charge in [-0.25, -0.2) is 0 Å². The maximum Gasteiger partial charge on any atom is 0.237 e. The molecule has 0 heterocycles. The zero-order valence-electron chi connectivity index (χ0n) is 10.7. The number of benzene rings is 1. The van der Waals surface area contributed by atoms with Gasteiger partial charge in [0.1, 0.15) is 0 Å². The average Bonchev–Trinajstić information content (AvgIpc) is 2.35. The molecule has 0 bridgehead atoms. The maximum atomic E-state index is 12.5. The van der Waals surface area contributed by atoms with Crippen molar-refractivity contribution in [2.45, 2.75) is 19.8 Å². The number of hydrogen-bond acceptors (Lipinski definition) is 2. The van der Waals surface area contributed by atoms with Crippen LogP contribution in [0.15, 0.2) is 16.6 Å². The van der Waals surface area contributed by atoms with E-state index in [0.29, 0.717) is 39.0 Å². The molecule has 0 unspecified atom stereocenters. The average molecular weight is 396 g/mol. The molecule has 20 heavy (non-hydrogen) atoms. The van der Waals surface area contributed by atoms with E-state index in [9.17, 15) is 4.79 Å². The number of nitrogens with one attached hydrogen (secondary N) is 1. The van der Waals surface area contributed by atoms with Crippen LogP contribution in [0.4, 0.5) is 5.69 Å². The van der Waals surface area contributed by atoms with E-state index in [4.69, 9.17) is 41.2 Å². The van der Waals surface area contributed by atoms with E-state index in [-0.39, 0.29) is 10.9 Å². The van der Waals surface area contributed by atoms with Crippen LogP contribution in [0.1, 0.15) is 19.8 Å². The molecule has 108 valence electrons. The molecule has 2 rings (SSSR count). The molecule has 0 radical (unpaired) electrons. The monoisotopic (exact) mass is 394 g/mol. The summed E-state index contributed by atoms with van der Waals surface area (Å²) in [5.41, 5.74) is 5.44. The molecule has 1 amide bonds. The summed E-state index contributed by atoms with van der Waals surface area (Å²) in [4.78, 5) is 12.7. The van der Waals surface area contributed by atoms with Crippen LogP contribution in [0.5, 0.6) is 0 Å². The molecule has 0 aromatic heterocycles. The second kappa shape index (κ2) is 5.79. The highest BCUT2D eigenvalue weighted by Gasteiger charge is 2.50. The molecule has 0 spiro atoms. The number of halogens is 3. The molecule has 1 saturated carbocycles. The van der Waals surface area contributed by atoms with Crippen molar-refractivity contribution < 1.29 is 4.79 Å². The van der Waals surface area contributed by atoms with E-state index >= 15 is 0 Å². The Labute approximate surface area is 141 Å². The SMILES string of the molecule is CC1CC(C(=O)Nc2ccc(Br)c(Cl)c2Cl)(C(N)=S)C1. The quantitative estimate of drug-likeness (QED) is 0.589. The molecule has 1 fully saturated rings. The first-order valence-electron chi connectivity index (χ1n) is 6.03. The number of hydrogen-bond donors (Lipinski definition) is 2. The number of rotatable bonds is 3. The third-order valence-electron chi connectivity index (χ3n) is 3.58. The van der Waals surface area contributed by atoms with E-state index < -0.39 is 5.41 Å². The highest BCUT2D eigenvalue weighted by atomic mass is 79.9. The van der Waals surface area contributed by atoms with Crippen LogP contribution < -0.4 is 11.1 Å². The Morgan fingerprint density at radius 1 is 1.45 bits per heavy atom. The molecule has 1 aromatic carbocycles. The Bertz CT molecular complexity index is 588. The van der Waals surface area contributed by atoms with Gasteiger partial charge in [-0.2, -0.15) is 0 Å². The minimum Gasteiger partial charge on any atom is -0.392 e. The minimum atomic E-state index is -0.766. The van der Waals surface area contributed by atoms with Crippen LogP contribution >= 0.6 is 51.3 Å². The van der Waals surface area contributed by atoms with Crippen LogP contribution in [-0.2, 0) is 4.79 Å². The lowest BCUT2D eigenvalue weighted by Crippen LogP contribution is -2.53. The normalized spacial score (nSPS) is 24.9. The Kier molecular flexibility index (Phi) is 4.64. The zero-order chi connectivity index (χ0) is 15.1. The number of anilines is 1. The number of carbonyl (C=O) groups is 1. The second-order valence-electron chi connectivity index (χ2n) is 5.14. The molecule has 3 N–H and O–H groups in total. The largest absolute Gasteiger partial charge is 0.392 e. The summed E-state index contributed by atoms with van der Waals surface area (Å²) in [7, 11) is 0. The lowest BCUT2D eigenvalue weighted by Gasteiger charge is -2.44. The molecule has 3 nitrogen and oxygen atoms in total. The molecular formula is C13H13BrCl2N2OS. The van der Waals surface area contributed by atoms with Crippen molar-refractivity contribution in [1.82, 2.24) is 0 Å². The summed E-state index contributed by atoms with van der Waals surface area (Å²) >= 11 is 20.5. The summed E-state index contributed by atoms with van der Waals surface area (Å²) in [5.74, 6) is 0.217. The molecular weight excluding hydrogens is 383 g/mol. The molecule has 1 aliphatic rings. The van der Waals surface area contributed by atoms with Crippen molar-refractivity contribution in [2.75, 3.05) is 5.32 Å². The third kappa shape index (κ3) is 2.69. The van der Waals surface area contributed by atoms with Gasteiger partial charge in [-0.05, 0) is 46.8 Å². The van der Waals surface area contributed by atoms with Crippen molar-refractivity contribution in [2.24, 2.45) is 17.1 Å². The molecule has 1 aromatic rings. The Morgan fingerprint density at radius 3 is 2.55 bits per heavy atom. The molecule has 7 heteroatoms. The lowest BCUT2D eigenvalue weighted by molar-refractivity contribution is -0.127. The van der Waals surface area contributed by atoms with Crippen LogP contribution in [0.3, 0.4) is 0 Å². The van der Waals surface area contributed by atoms with E-state index in [1.807, 2.05) is 0 Å². The van der Waals surface area contributed by atoms with Gasteiger partial charge in [-0.1, -0.05) is 42.3 Å². The summed E-state index contributed by atoms with van der Waals surface area (Å²) < 4.78 is 0.670. The van der Waals surface area contributed by atoms with Crippen LogP contribution in [-0.4, -0.2) is 10.9 Å². The standard InChI is InChI=1S/C13H13BrCl2N2OS/c1-6-4-13(5-6,11(17)20)12(19)18-8-3-2-7(14)9(15)10(8)16/h2-3,6H,4-5H2,1H3,(H2,17,20)(H,18,19). The first kappa shape index (κ1) is 16.0. The van der Waals surface area contributed by atoms with Crippen LogP contribution in [0, 0.1) is 11.3 Å². The Morgan fingerprint density at radius 2 is 2.05 bits per heavy atom. The zero-order valence-corrected chi connectivity index (χ0v) is 14.6. The van der Waals surface area contributed by atoms with Crippen LogP contribution in [0.2, 0.25) is 10.0 Å². The highest BCUT2D eigenvalue weighted by molar-refractivity contribution is 9.10. The predicted octanol–water partition coefficient (Wildman–Crippen LogP) is 4.40. The first-order chi connectivity index (χ1) is 9.28. The highest BCUT2D eigenvalue weighted by Crippen LogP contribution is 2.47. The third-order valence-corrected chi connectivity index (χ3v) is 5.75. The van der Waals surface area contributed by atoms with E-state index in [1.54, 1.807) is 12.1 Å². The van der Waals surface area contributed by atoms with Gasteiger partial charge in [0.05, 0.1) is 26.1 Å². The number of carbonyl (C=O) groups excluding carboxylic acids is 1. The van der Waals surface area contributed by atoms with Gasteiger partial charge in [0, 0.05) is 4.47 Å². The van der Waals surface area contributed by atoms with Gasteiger partial charge in [0.15, 0.2) is 0 Å². The van der Waals surface area contributed by atoms with Crippen molar-refractivity contribution in [3.8, 4) is 0 Å². The van der Waals surface area contributed by atoms with Gasteiger partial charge in [-0.3, -0.25) is 4.79 Å². The van der Waals surface area contributed by atoms with Crippen molar-refractivity contribution >= 4 is 67.9 Å². The smallest absolute Gasteiger partial charge is 0.237 e. The van der Waals surface area contributed by atoms with Gasteiger partial charge in [0.25, 0.3) is 0 Å². The second-order valence-corrected chi connectivity index (χ2v) is 7.19. The Balaban J connectivity index is 2.24. The summed E-state index contributed by atoms with van der Waals surface area (Å²) in [6.45, 7) is 2.06. The van der Waals surface area contributed by atoms with Crippen molar-refractivity contribution in [3.63, 3.8) is 0 Å². The maximum absolute atomic E-state index is 12.5. The molecule has 0 saturated heterocycles. The van der Waals surface area contributed by atoms with Crippen molar-refractivity contribution in [1.29, 1.82) is 0 Å². The van der Waals surface area contributed by atoms with E-state index in [1.165, 1.54) is 0 Å². The van der Waals surface area contributed by atoms with Gasteiger partial charge >= 0.3 is 0 Å². The van der Waals surface area contributed by atoms with E-state index in [0.717, 1.165) is 0 Å². The predicted molar refractivity (Wildman–Crippen MR) is 90.4 cm³/mol. The van der Waals surface area contributed by atoms with Gasteiger partial charge in [-0.15, -0.1) is 0 Å². The fourth-order valence-corrected chi connectivity index (χ4v) is 3.57. The first-order valence-corrected chi connectivity index (χ1v) is 7.98. The molecule has 0 aliphatic heterocycles. The summed E-state index contributed by atoms with van der Waals surface area (Å²) in [6.07, 6.45) is 1.33. The number of nitrogens with two attached hydrogens (primary N) is 1. The topological polar surface area (TPSA) is 55.1 Å². The van der Waals surface area contributed by atoms with Crippen molar-refractivity contribution in [3.05, 3.63) is 26.7 Å². The molecule has 0 atom stereocenters. The minimum absolute atomic E-state index is 0.219. The van der Waals surface area contributed by atoms with E-state index in [2.05, 4.69) is 28.2 Å². The molecule has 1 aliphatic carbocycles. The fourth-order valence-electron chi connectivity index (χ4n) is 2.49. The van der Waals surface area contributed by atoms with Gasteiger partial charge < -0.3 is 11.1 Å².